The molecule has 152 valence electrons. The summed E-state index contributed by atoms with van der Waals surface area (Å²) < 4.78 is 0. The van der Waals surface area contributed by atoms with Crippen molar-refractivity contribution in [2.24, 2.45) is 5.73 Å². The van der Waals surface area contributed by atoms with Crippen molar-refractivity contribution in [2.75, 3.05) is 27.2 Å². The van der Waals surface area contributed by atoms with Crippen molar-refractivity contribution in [1.29, 1.82) is 0 Å². The van der Waals surface area contributed by atoms with Crippen molar-refractivity contribution >= 4 is 5.91 Å². The maximum Gasteiger partial charge on any atom is 0.240 e. The van der Waals surface area contributed by atoms with Crippen LogP contribution in [0.1, 0.15) is 11.1 Å². The summed E-state index contributed by atoms with van der Waals surface area (Å²) in [5.41, 5.74) is 10.6. The topological polar surface area (TPSA) is 78.2 Å². The van der Waals surface area contributed by atoms with Crippen LogP contribution >= 0.6 is 0 Å². The minimum Gasteiger partial charge on any atom is -0.336 e. The monoisotopic (exact) mass is 391 g/mol. The second-order valence-electron chi connectivity index (χ2n) is 7.54. The average molecular weight is 392 g/mol. The molecular formula is C23H29N5O. The Labute approximate surface area is 172 Å². The van der Waals surface area contributed by atoms with Crippen molar-refractivity contribution in [1.82, 2.24) is 20.0 Å². The minimum absolute atomic E-state index is 0.0189. The normalized spacial score (nSPS) is 12.1. The van der Waals surface area contributed by atoms with Crippen LogP contribution < -0.4 is 5.73 Å². The Morgan fingerprint density at radius 2 is 1.72 bits per heavy atom. The van der Waals surface area contributed by atoms with Crippen LogP contribution in [-0.4, -0.2) is 59.1 Å². The number of benzene rings is 2. The van der Waals surface area contributed by atoms with Crippen molar-refractivity contribution in [3.05, 3.63) is 78.1 Å². The zero-order valence-corrected chi connectivity index (χ0v) is 17.1. The Bertz CT molecular complexity index is 875. The summed E-state index contributed by atoms with van der Waals surface area (Å²) in [6.07, 6.45) is 4.16. The number of carbonyl (C=O) groups is 1. The molecule has 0 spiro atoms. The van der Waals surface area contributed by atoms with E-state index in [4.69, 9.17) is 5.73 Å². The molecule has 0 radical (unpaired) electrons. The number of H-pyrrole nitrogens is 1. The lowest BCUT2D eigenvalue weighted by atomic mass is 10.0. The van der Waals surface area contributed by atoms with Gasteiger partial charge in [-0.3, -0.25) is 9.89 Å². The van der Waals surface area contributed by atoms with Gasteiger partial charge in [-0.1, -0.05) is 54.6 Å². The molecule has 1 amide bonds. The quantitative estimate of drug-likeness (QED) is 0.588. The van der Waals surface area contributed by atoms with Crippen LogP contribution in [-0.2, 0) is 17.8 Å². The number of amides is 1. The number of aromatic nitrogens is 2. The highest BCUT2D eigenvalue weighted by Crippen LogP contribution is 2.18. The number of nitrogens with two attached hydrogens (primary N) is 1. The van der Waals surface area contributed by atoms with E-state index in [-0.39, 0.29) is 5.91 Å². The molecule has 1 atom stereocenters. The van der Waals surface area contributed by atoms with Crippen molar-refractivity contribution in [3.63, 3.8) is 0 Å². The number of hydrogen-bond acceptors (Lipinski definition) is 4. The van der Waals surface area contributed by atoms with Crippen LogP contribution in [0, 0.1) is 0 Å². The van der Waals surface area contributed by atoms with Gasteiger partial charge in [0, 0.05) is 31.4 Å². The summed E-state index contributed by atoms with van der Waals surface area (Å²) in [6.45, 7) is 2.01. The molecular weight excluding hydrogens is 362 g/mol. The van der Waals surface area contributed by atoms with E-state index in [1.807, 2.05) is 79.8 Å². The maximum absolute atomic E-state index is 13.1. The molecule has 3 aromatic rings. The second-order valence-corrected chi connectivity index (χ2v) is 7.54. The van der Waals surface area contributed by atoms with E-state index in [1.165, 1.54) is 0 Å². The third-order valence-electron chi connectivity index (χ3n) is 4.90. The molecule has 29 heavy (non-hydrogen) atoms. The third-order valence-corrected chi connectivity index (χ3v) is 4.90. The number of nitrogens with zero attached hydrogens (tertiary/aromatic N) is 3. The lowest BCUT2D eigenvalue weighted by Crippen LogP contribution is -2.46. The Balaban J connectivity index is 1.65. The summed E-state index contributed by atoms with van der Waals surface area (Å²) in [5.74, 6) is -0.0189. The van der Waals surface area contributed by atoms with E-state index in [0.717, 1.165) is 28.8 Å². The minimum atomic E-state index is -0.569. The Hall–Kier alpha value is -2.96. The van der Waals surface area contributed by atoms with E-state index >= 15 is 0 Å². The van der Waals surface area contributed by atoms with Gasteiger partial charge in [0.05, 0.1) is 12.2 Å². The lowest BCUT2D eigenvalue weighted by Gasteiger charge is -2.27. The molecule has 0 fully saturated rings. The first-order valence-corrected chi connectivity index (χ1v) is 9.84. The molecule has 0 aliphatic heterocycles. The Morgan fingerprint density at radius 1 is 1.00 bits per heavy atom. The first kappa shape index (κ1) is 20.8. The van der Waals surface area contributed by atoms with E-state index in [2.05, 4.69) is 15.1 Å². The van der Waals surface area contributed by atoms with E-state index < -0.39 is 6.04 Å². The van der Waals surface area contributed by atoms with Gasteiger partial charge in [0.1, 0.15) is 0 Å². The number of carbonyl (C=O) groups excluding carboxylic acids is 1. The molecule has 0 aliphatic rings. The molecule has 3 rings (SSSR count). The first-order chi connectivity index (χ1) is 14.0. The summed E-state index contributed by atoms with van der Waals surface area (Å²) >= 11 is 0. The van der Waals surface area contributed by atoms with Gasteiger partial charge in [-0.05, 0) is 37.2 Å². The van der Waals surface area contributed by atoms with Gasteiger partial charge < -0.3 is 15.5 Å². The highest BCUT2D eigenvalue weighted by atomic mass is 16.2. The maximum atomic E-state index is 13.1. The highest BCUT2D eigenvalue weighted by Gasteiger charge is 2.21. The summed E-state index contributed by atoms with van der Waals surface area (Å²) in [5, 5.41) is 6.80. The van der Waals surface area contributed by atoms with E-state index in [9.17, 15) is 4.79 Å². The number of nitrogens with one attached hydrogen (secondary N) is 1. The lowest BCUT2D eigenvalue weighted by molar-refractivity contribution is -0.133. The predicted molar refractivity (Wildman–Crippen MR) is 116 cm³/mol. The molecule has 3 N–H and O–H groups in total. The largest absolute Gasteiger partial charge is 0.336 e. The highest BCUT2D eigenvalue weighted by molar-refractivity contribution is 5.82. The van der Waals surface area contributed by atoms with Crippen LogP contribution in [0.2, 0.25) is 0 Å². The molecule has 0 saturated carbocycles. The first-order valence-electron chi connectivity index (χ1n) is 9.84. The van der Waals surface area contributed by atoms with Gasteiger partial charge >= 0.3 is 0 Å². The summed E-state index contributed by atoms with van der Waals surface area (Å²) in [7, 11) is 4.01. The van der Waals surface area contributed by atoms with Crippen LogP contribution in [0.25, 0.3) is 11.1 Å². The molecule has 6 nitrogen and oxygen atoms in total. The smallest absolute Gasteiger partial charge is 0.240 e. The van der Waals surface area contributed by atoms with Crippen molar-refractivity contribution < 1.29 is 4.79 Å². The average Bonchev–Trinajstić information content (AvgIpc) is 3.26. The van der Waals surface area contributed by atoms with Gasteiger partial charge in [-0.15, -0.1) is 0 Å². The number of likely N-dealkylation sites (N-methyl/N-ethyl adjacent to an activating group) is 1. The van der Waals surface area contributed by atoms with Gasteiger partial charge in [-0.25, -0.2) is 0 Å². The van der Waals surface area contributed by atoms with Crippen LogP contribution in [0.4, 0.5) is 0 Å². The zero-order valence-electron chi connectivity index (χ0n) is 17.1. The summed E-state index contributed by atoms with van der Waals surface area (Å²) in [4.78, 5) is 17.0. The van der Waals surface area contributed by atoms with Crippen molar-refractivity contribution in [3.8, 4) is 11.1 Å². The predicted octanol–water partition coefficient (Wildman–Crippen LogP) is 2.54. The van der Waals surface area contributed by atoms with Crippen LogP contribution in [0.5, 0.6) is 0 Å². The third kappa shape index (κ3) is 6.01. The molecule has 1 aromatic heterocycles. The molecule has 1 heterocycles. The van der Waals surface area contributed by atoms with Gasteiger partial charge in [0.15, 0.2) is 0 Å². The number of hydrogen-bond donors (Lipinski definition) is 2. The van der Waals surface area contributed by atoms with E-state index in [0.29, 0.717) is 19.5 Å². The van der Waals surface area contributed by atoms with Crippen LogP contribution in [0.3, 0.4) is 0 Å². The van der Waals surface area contributed by atoms with Crippen LogP contribution in [0.15, 0.2) is 67.0 Å². The Kier molecular flexibility index (Phi) is 7.16. The number of rotatable bonds is 9. The molecule has 0 unspecified atom stereocenters. The molecule has 6 heteroatoms. The van der Waals surface area contributed by atoms with Crippen molar-refractivity contribution in [2.45, 2.75) is 19.0 Å². The van der Waals surface area contributed by atoms with Gasteiger partial charge in [-0.2, -0.15) is 5.10 Å². The fourth-order valence-electron chi connectivity index (χ4n) is 3.21. The molecule has 0 bridgehead atoms. The molecule has 2 aromatic carbocycles. The van der Waals surface area contributed by atoms with E-state index in [1.54, 1.807) is 6.20 Å². The zero-order chi connectivity index (χ0) is 20.6. The fraction of sp³-hybridized carbons (Fsp3) is 0.304. The van der Waals surface area contributed by atoms with Gasteiger partial charge in [0.2, 0.25) is 5.91 Å². The standard InChI is InChI=1S/C23H29N5O/c1-27(2)12-13-28(17-19-6-4-3-5-7-19)23(29)22(24)14-18-8-10-20(11-9-18)21-15-25-26-16-21/h3-11,15-16,22H,12-14,17,24H2,1-2H3,(H,25,26)/t22-/m0/s1. The second kappa shape index (κ2) is 10.0. The summed E-state index contributed by atoms with van der Waals surface area (Å²) in [6, 6.07) is 17.6. The molecule has 0 saturated heterocycles. The fourth-order valence-corrected chi connectivity index (χ4v) is 3.21. The van der Waals surface area contributed by atoms with Gasteiger partial charge in [0.25, 0.3) is 0 Å². The Morgan fingerprint density at radius 3 is 2.34 bits per heavy atom. The SMILES string of the molecule is CN(C)CCN(Cc1ccccc1)C(=O)[C@@H](N)Cc1ccc(-c2cn[nH]c2)cc1. The number of aromatic amines is 1. The molecule has 0 aliphatic carbocycles.